The summed E-state index contributed by atoms with van der Waals surface area (Å²) in [6.07, 6.45) is -5.98. The highest BCUT2D eigenvalue weighted by molar-refractivity contribution is 5.94. The molecule has 0 bridgehead atoms. The highest BCUT2D eigenvalue weighted by atomic mass is 16.6. The molecule has 15 heteroatoms. The summed E-state index contributed by atoms with van der Waals surface area (Å²) >= 11 is 0. The fourth-order valence-electron chi connectivity index (χ4n) is 6.74. The summed E-state index contributed by atoms with van der Waals surface area (Å²) in [5.41, 5.74) is -5.85. The zero-order chi connectivity index (χ0) is 37.8. The van der Waals surface area contributed by atoms with E-state index in [2.05, 4.69) is 6.58 Å². The van der Waals surface area contributed by atoms with E-state index in [0.717, 1.165) is 48.5 Å². The second kappa shape index (κ2) is 15.3. The third kappa shape index (κ3) is 9.33. The number of ether oxygens (including phenoxy) is 7. The lowest BCUT2D eigenvalue weighted by Crippen LogP contribution is -2.59. The molecule has 15 nitrogen and oxygen atoms in total. The van der Waals surface area contributed by atoms with Crippen LogP contribution in [0.4, 0.5) is 0 Å². The molecule has 0 N–H and O–H groups in total. The standard InChI is InChI=1S/C34H46O15/c1-16-13-14-32(10,11)31(47-22(7)39)28(45-20(5)37)27(44-19(4)36)17(2)26(43-18(3)35)25-30(46-21(6)38)33(12,48-23(8)40)15-34(25,29(16)42)49-24(9)41/h13-14,16,25-28,30-31H,2,15H2,1,3-12H3/b14-13+/t16-,25+,26+,27+,28-,30-,31-,33-,34-/m1/s1. The molecule has 2 aliphatic rings. The van der Waals surface area contributed by atoms with Gasteiger partial charge in [-0.15, -0.1) is 0 Å². The molecule has 0 radical (unpaired) electrons. The molecule has 2 aliphatic carbocycles. The average Bonchev–Trinajstić information content (AvgIpc) is 3.15. The number of rotatable bonds is 7. The second-order valence-corrected chi connectivity index (χ2v) is 13.2. The zero-order valence-corrected chi connectivity index (χ0v) is 29.7. The lowest BCUT2D eigenvalue weighted by atomic mass is 9.72. The Hall–Kier alpha value is -4.56. The summed E-state index contributed by atoms with van der Waals surface area (Å²) in [6.45, 7) is 17.5. The molecule has 49 heavy (non-hydrogen) atoms. The van der Waals surface area contributed by atoms with Gasteiger partial charge in [-0.3, -0.25) is 38.4 Å². The molecular weight excluding hydrogens is 648 g/mol. The minimum Gasteiger partial charge on any atom is -0.458 e. The van der Waals surface area contributed by atoms with Crippen LogP contribution < -0.4 is 0 Å². The van der Waals surface area contributed by atoms with E-state index in [1.807, 2.05) is 0 Å². The Balaban J connectivity index is 3.26. The predicted molar refractivity (Wildman–Crippen MR) is 167 cm³/mol. The van der Waals surface area contributed by atoms with Crippen LogP contribution in [0.3, 0.4) is 0 Å². The van der Waals surface area contributed by atoms with Gasteiger partial charge in [0.2, 0.25) is 0 Å². The highest BCUT2D eigenvalue weighted by Gasteiger charge is 2.72. The largest absolute Gasteiger partial charge is 0.458 e. The van der Waals surface area contributed by atoms with Crippen molar-refractivity contribution >= 4 is 47.6 Å². The van der Waals surface area contributed by atoms with Crippen molar-refractivity contribution in [2.75, 3.05) is 0 Å². The van der Waals surface area contributed by atoms with Crippen molar-refractivity contribution in [3.8, 4) is 0 Å². The number of hydrogen-bond donors (Lipinski definition) is 0. The van der Waals surface area contributed by atoms with E-state index in [1.165, 1.54) is 26.0 Å². The number of carbonyl (C=O) groups excluding carboxylic acids is 8. The van der Waals surface area contributed by atoms with Crippen LogP contribution in [-0.4, -0.2) is 89.3 Å². The summed E-state index contributed by atoms with van der Waals surface area (Å²) in [7, 11) is 0. The molecule has 0 unspecified atom stereocenters. The minimum absolute atomic E-state index is 0.347. The topological polar surface area (TPSA) is 201 Å². The maximum absolute atomic E-state index is 14.8. The molecule has 0 spiro atoms. The van der Waals surface area contributed by atoms with Crippen LogP contribution in [0.25, 0.3) is 0 Å². The van der Waals surface area contributed by atoms with Crippen LogP contribution in [-0.2, 0) is 71.5 Å². The first-order valence-electron chi connectivity index (χ1n) is 15.6. The van der Waals surface area contributed by atoms with Crippen LogP contribution in [0.5, 0.6) is 0 Å². The van der Waals surface area contributed by atoms with Crippen molar-refractivity contribution in [1.82, 2.24) is 0 Å². The van der Waals surface area contributed by atoms with E-state index in [-0.39, 0.29) is 5.57 Å². The van der Waals surface area contributed by atoms with Gasteiger partial charge in [-0.1, -0.05) is 39.5 Å². The number of allylic oxidation sites excluding steroid dienone is 1. The number of hydrogen-bond acceptors (Lipinski definition) is 15. The van der Waals surface area contributed by atoms with Crippen molar-refractivity contribution in [3.05, 3.63) is 24.3 Å². The molecular formula is C34H46O15. The monoisotopic (exact) mass is 694 g/mol. The quantitative estimate of drug-likeness (QED) is 0.214. The predicted octanol–water partition coefficient (Wildman–Crippen LogP) is 2.65. The van der Waals surface area contributed by atoms with Crippen molar-refractivity contribution in [2.24, 2.45) is 17.3 Å². The van der Waals surface area contributed by atoms with Gasteiger partial charge < -0.3 is 33.2 Å². The van der Waals surface area contributed by atoms with Crippen LogP contribution in [0.2, 0.25) is 0 Å². The molecule has 9 atom stereocenters. The van der Waals surface area contributed by atoms with E-state index in [1.54, 1.807) is 13.8 Å². The molecule has 2 rings (SSSR count). The van der Waals surface area contributed by atoms with Crippen LogP contribution in [0.1, 0.15) is 82.6 Å². The van der Waals surface area contributed by atoms with Crippen LogP contribution >= 0.6 is 0 Å². The zero-order valence-electron chi connectivity index (χ0n) is 29.7. The van der Waals surface area contributed by atoms with E-state index in [9.17, 15) is 38.4 Å². The fraction of sp³-hybridized carbons (Fsp3) is 0.647. The van der Waals surface area contributed by atoms with Crippen molar-refractivity contribution in [1.29, 1.82) is 0 Å². The lowest BCUT2D eigenvalue weighted by Gasteiger charge is -2.44. The molecule has 0 aliphatic heterocycles. The van der Waals surface area contributed by atoms with Gasteiger partial charge in [-0.25, -0.2) is 0 Å². The van der Waals surface area contributed by atoms with Gasteiger partial charge in [0.25, 0.3) is 0 Å². The molecule has 1 saturated carbocycles. The van der Waals surface area contributed by atoms with Gasteiger partial charge in [0.1, 0.15) is 6.10 Å². The van der Waals surface area contributed by atoms with E-state index >= 15 is 0 Å². The highest BCUT2D eigenvalue weighted by Crippen LogP contribution is 2.54. The number of carbonyl (C=O) groups is 8. The SMILES string of the molecule is C=C1[C@H](OC(C)=O)[C@@H](OC(C)=O)[C@@H](OC(C)=O)C(C)(C)/C=C/[C@@H](C)C(=O)[C@@]2(OC(C)=O)C[C@@](C)(OC(C)=O)[C@H](OC(C)=O)[C@@H]2[C@H]1OC(C)=O. The van der Waals surface area contributed by atoms with E-state index in [4.69, 9.17) is 33.2 Å². The fourth-order valence-corrected chi connectivity index (χ4v) is 6.74. The normalized spacial score (nSPS) is 33.2. The summed E-state index contributed by atoms with van der Waals surface area (Å²) in [5, 5.41) is 0. The summed E-state index contributed by atoms with van der Waals surface area (Å²) in [5.74, 6) is -9.92. The van der Waals surface area contributed by atoms with Gasteiger partial charge in [0, 0.05) is 71.8 Å². The first-order valence-corrected chi connectivity index (χ1v) is 15.6. The molecule has 272 valence electrons. The van der Waals surface area contributed by atoms with Gasteiger partial charge in [-0.2, -0.15) is 0 Å². The molecule has 0 saturated heterocycles. The number of fused-ring (bicyclic) bond motifs is 1. The third-order valence-electron chi connectivity index (χ3n) is 8.29. The molecule has 0 aromatic rings. The summed E-state index contributed by atoms with van der Waals surface area (Å²) in [6, 6.07) is 0. The average molecular weight is 695 g/mol. The van der Waals surface area contributed by atoms with Gasteiger partial charge >= 0.3 is 41.8 Å². The van der Waals surface area contributed by atoms with Crippen molar-refractivity contribution in [3.63, 3.8) is 0 Å². The molecule has 0 amide bonds. The molecule has 0 aromatic carbocycles. The van der Waals surface area contributed by atoms with Crippen molar-refractivity contribution in [2.45, 2.75) is 124 Å². The maximum atomic E-state index is 14.8. The summed E-state index contributed by atoms with van der Waals surface area (Å²) in [4.78, 5) is 103. The lowest BCUT2D eigenvalue weighted by molar-refractivity contribution is -0.195. The number of Topliss-reactive ketones (excluding diaryl/α,β-unsaturated/α-hetero) is 1. The summed E-state index contributed by atoms with van der Waals surface area (Å²) < 4.78 is 40.1. The Kier molecular flexibility index (Phi) is 12.7. The van der Waals surface area contributed by atoms with E-state index in [0.29, 0.717) is 0 Å². The smallest absolute Gasteiger partial charge is 0.303 e. The Morgan fingerprint density at radius 3 is 1.55 bits per heavy atom. The Labute approximate surface area is 284 Å². The van der Waals surface area contributed by atoms with Gasteiger partial charge in [-0.05, 0) is 6.92 Å². The third-order valence-corrected chi connectivity index (χ3v) is 8.29. The van der Waals surface area contributed by atoms with Crippen LogP contribution in [0.15, 0.2) is 24.3 Å². The van der Waals surface area contributed by atoms with Crippen molar-refractivity contribution < 1.29 is 71.5 Å². The Morgan fingerprint density at radius 1 is 0.653 bits per heavy atom. The minimum atomic E-state index is -2.35. The van der Waals surface area contributed by atoms with Gasteiger partial charge in [0.05, 0.1) is 5.92 Å². The molecule has 0 aromatic heterocycles. The first kappa shape index (κ1) is 40.6. The maximum Gasteiger partial charge on any atom is 0.303 e. The first-order chi connectivity index (χ1) is 22.4. The molecule has 0 heterocycles. The number of esters is 7. The van der Waals surface area contributed by atoms with E-state index < -0.39 is 113 Å². The number of ketones is 1. The Bertz CT molecular complexity index is 1430. The molecule has 1 fully saturated rings. The van der Waals surface area contributed by atoms with Crippen LogP contribution in [0, 0.1) is 17.3 Å². The Morgan fingerprint density at radius 2 is 1.10 bits per heavy atom. The second-order valence-electron chi connectivity index (χ2n) is 13.2. The van der Waals surface area contributed by atoms with Gasteiger partial charge in [0.15, 0.2) is 41.4 Å².